The van der Waals surface area contributed by atoms with Crippen molar-refractivity contribution in [1.82, 2.24) is 4.47 Å². The third-order valence-electron chi connectivity index (χ3n) is 5.68. The zero-order valence-electron chi connectivity index (χ0n) is 16.7. The van der Waals surface area contributed by atoms with Gasteiger partial charge in [0.25, 0.3) is 0 Å². The standard InChI is InChI=1S/C26H17NO3S/c1-2-27(28)31-14-12-18-15-17-4-6-22-20-7-9-23-21(5-3-16-11-13-29-25(16)23)19(20)8-10-24(22)26(17)30-18/h3-11,13,15,28H,2H2,1H3. The summed E-state index contributed by atoms with van der Waals surface area (Å²) in [6, 6.07) is 21.0. The van der Waals surface area contributed by atoms with Gasteiger partial charge in [0.05, 0.1) is 6.26 Å². The Balaban J connectivity index is 1.55. The molecule has 0 bridgehead atoms. The number of fused-ring (bicyclic) bond motifs is 9. The zero-order valence-corrected chi connectivity index (χ0v) is 17.5. The maximum atomic E-state index is 9.50. The van der Waals surface area contributed by atoms with Gasteiger partial charge in [-0.25, -0.2) is 0 Å². The summed E-state index contributed by atoms with van der Waals surface area (Å²) >= 11 is 1.05. The van der Waals surface area contributed by atoms with Gasteiger partial charge in [-0.2, -0.15) is 0 Å². The van der Waals surface area contributed by atoms with Crippen molar-refractivity contribution in [3.05, 3.63) is 72.7 Å². The lowest BCUT2D eigenvalue weighted by molar-refractivity contribution is 0.0237. The molecule has 6 aromatic rings. The van der Waals surface area contributed by atoms with Crippen LogP contribution < -0.4 is 0 Å². The predicted octanol–water partition coefficient (Wildman–Crippen LogP) is 7.31. The third kappa shape index (κ3) is 2.88. The van der Waals surface area contributed by atoms with E-state index in [1.165, 1.54) is 16.2 Å². The first-order chi connectivity index (χ1) is 15.2. The van der Waals surface area contributed by atoms with Crippen LogP contribution in [0, 0.1) is 11.2 Å². The first-order valence-electron chi connectivity index (χ1n) is 10.1. The molecule has 4 nitrogen and oxygen atoms in total. The van der Waals surface area contributed by atoms with Gasteiger partial charge < -0.3 is 14.0 Å². The molecule has 0 aliphatic heterocycles. The molecule has 0 saturated heterocycles. The van der Waals surface area contributed by atoms with E-state index in [1.54, 1.807) is 6.26 Å². The Bertz CT molecular complexity index is 1680. The van der Waals surface area contributed by atoms with Crippen LogP contribution in [0.4, 0.5) is 0 Å². The molecule has 6 rings (SSSR count). The van der Waals surface area contributed by atoms with Crippen LogP contribution in [0.5, 0.6) is 0 Å². The van der Waals surface area contributed by atoms with Gasteiger partial charge in [-0.15, -0.1) is 4.47 Å². The Hall–Kier alpha value is -3.43. The highest BCUT2D eigenvalue weighted by atomic mass is 32.2. The third-order valence-corrected chi connectivity index (χ3v) is 6.35. The number of furan rings is 2. The van der Waals surface area contributed by atoms with Gasteiger partial charge in [0, 0.05) is 46.1 Å². The van der Waals surface area contributed by atoms with Gasteiger partial charge in [0.15, 0.2) is 5.76 Å². The number of hydrogen-bond donors (Lipinski definition) is 1. The van der Waals surface area contributed by atoms with Crippen molar-refractivity contribution in [2.24, 2.45) is 0 Å². The van der Waals surface area contributed by atoms with Crippen molar-refractivity contribution in [1.29, 1.82) is 0 Å². The molecule has 4 aromatic carbocycles. The van der Waals surface area contributed by atoms with Crippen molar-refractivity contribution in [2.45, 2.75) is 6.92 Å². The van der Waals surface area contributed by atoms with Crippen LogP contribution >= 0.6 is 11.9 Å². The highest BCUT2D eigenvalue weighted by molar-refractivity contribution is 8.01. The highest BCUT2D eigenvalue weighted by Crippen LogP contribution is 2.37. The van der Waals surface area contributed by atoms with E-state index >= 15 is 0 Å². The van der Waals surface area contributed by atoms with Crippen LogP contribution in [0.25, 0.3) is 54.3 Å². The Kier molecular flexibility index (Phi) is 4.18. The molecule has 0 fully saturated rings. The van der Waals surface area contributed by atoms with Crippen LogP contribution in [0.2, 0.25) is 0 Å². The quantitative estimate of drug-likeness (QED) is 0.137. The molecule has 0 aliphatic rings. The van der Waals surface area contributed by atoms with E-state index in [4.69, 9.17) is 8.83 Å². The highest BCUT2D eigenvalue weighted by Gasteiger charge is 2.12. The first kappa shape index (κ1) is 18.3. The summed E-state index contributed by atoms with van der Waals surface area (Å²) in [6.07, 6.45) is 1.74. The largest absolute Gasteiger partial charge is 0.464 e. The molecule has 0 spiro atoms. The predicted molar refractivity (Wildman–Crippen MR) is 127 cm³/mol. The monoisotopic (exact) mass is 423 g/mol. The van der Waals surface area contributed by atoms with E-state index < -0.39 is 0 Å². The average Bonchev–Trinajstić information content (AvgIpc) is 3.44. The summed E-state index contributed by atoms with van der Waals surface area (Å²) in [5.41, 5.74) is 1.75. The lowest BCUT2D eigenvalue weighted by atomic mass is 9.95. The molecule has 0 radical (unpaired) electrons. The van der Waals surface area contributed by atoms with E-state index in [9.17, 15) is 5.21 Å². The van der Waals surface area contributed by atoms with Crippen LogP contribution in [0.1, 0.15) is 12.7 Å². The smallest absolute Gasteiger partial charge is 0.179 e. The van der Waals surface area contributed by atoms with Gasteiger partial charge in [-0.05, 0) is 57.8 Å². The van der Waals surface area contributed by atoms with Gasteiger partial charge in [0.1, 0.15) is 11.2 Å². The van der Waals surface area contributed by atoms with Crippen molar-refractivity contribution in [3.63, 3.8) is 0 Å². The fourth-order valence-electron chi connectivity index (χ4n) is 4.21. The SMILES string of the molecule is CCN(O)SC#Cc1cc2ccc3c4ccc5c(ccc6ccoc65)c4ccc3c2o1. The van der Waals surface area contributed by atoms with Crippen LogP contribution in [-0.2, 0) is 0 Å². The van der Waals surface area contributed by atoms with Crippen molar-refractivity contribution >= 4 is 66.2 Å². The molecule has 2 heterocycles. The van der Waals surface area contributed by atoms with E-state index in [2.05, 4.69) is 59.7 Å². The van der Waals surface area contributed by atoms with Crippen molar-refractivity contribution < 1.29 is 14.0 Å². The van der Waals surface area contributed by atoms with Crippen LogP contribution in [0.15, 0.2) is 75.8 Å². The normalized spacial score (nSPS) is 11.8. The van der Waals surface area contributed by atoms with E-state index in [1.807, 2.05) is 19.1 Å². The summed E-state index contributed by atoms with van der Waals surface area (Å²) in [7, 11) is 0. The number of hydroxylamine groups is 1. The zero-order chi connectivity index (χ0) is 20.9. The molecular formula is C26H17NO3S. The molecule has 0 saturated carbocycles. The lowest BCUT2D eigenvalue weighted by Gasteiger charge is -2.08. The second kappa shape index (κ2) is 7.07. The Labute approximate surface area is 182 Å². The second-order valence-corrected chi connectivity index (χ2v) is 8.21. The minimum atomic E-state index is 0.497. The maximum absolute atomic E-state index is 9.50. The van der Waals surface area contributed by atoms with Gasteiger partial charge >= 0.3 is 0 Å². The molecule has 31 heavy (non-hydrogen) atoms. The lowest BCUT2D eigenvalue weighted by Crippen LogP contribution is -2.06. The fraction of sp³-hybridized carbons (Fsp3) is 0.0769. The van der Waals surface area contributed by atoms with E-state index in [-0.39, 0.29) is 0 Å². The maximum Gasteiger partial charge on any atom is 0.179 e. The van der Waals surface area contributed by atoms with E-state index in [0.717, 1.165) is 54.5 Å². The van der Waals surface area contributed by atoms with Crippen LogP contribution in [-0.4, -0.2) is 16.2 Å². The Morgan fingerprint density at radius 3 is 2.16 bits per heavy atom. The molecule has 2 aromatic heterocycles. The summed E-state index contributed by atoms with van der Waals surface area (Å²) in [5.74, 6) is 3.56. The molecule has 5 heteroatoms. The molecule has 1 N–H and O–H groups in total. The molecule has 150 valence electrons. The summed E-state index contributed by atoms with van der Waals surface area (Å²) in [5, 5.41) is 21.3. The summed E-state index contributed by atoms with van der Waals surface area (Å²) < 4.78 is 12.9. The minimum absolute atomic E-state index is 0.497. The van der Waals surface area contributed by atoms with Crippen molar-refractivity contribution in [3.8, 4) is 11.2 Å². The molecular weight excluding hydrogens is 406 g/mol. The summed E-state index contributed by atoms with van der Waals surface area (Å²) in [4.78, 5) is 0. The minimum Gasteiger partial charge on any atom is -0.464 e. The van der Waals surface area contributed by atoms with Gasteiger partial charge in [-0.3, -0.25) is 0 Å². The van der Waals surface area contributed by atoms with Crippen molar-refractivity contribution in [2.75, 3.05) is 6.54 Å². The average molecular weight is 423 g/mol. The first-order valence-corrected chi connectivity index (χ1v) is 10.8. The number of hydrogen-bond acceptors (Lipinski definition) is 5. The Morgan fingerprint density at radius 1 is 0.806 bits per heavy atom. The van der Waals surface area contributed by atoms with Gasteiger partial charge in [0.2, 0.25) is 0 Å². The second-order valence-electron chi connectivity index (χ2n) is 7.40. The number of nitrogens with zero attached hydrogens (tertiary/aromatic N) is 1. The fourth-order valence-corrected chi connectivity index (χ4v) is 4.60. The number of rotatable bonds is 2. The Morgan fingerprint density at radius 2 is 1.42 bits per heavy atom. The summed E-state index contributed by atoms with van der Waals surface area (Å²) in [6.45, 7) is 2.35. The molecule has 0 aliphatic carbocycles. The molecule has 0 unspecified atom stereocenters. The van der Waals surface area contributed by atoms with E-state index in [0.29, 0.717) is 12.3 Å². The molecule has 0 amide bonds. The number of benzene rings is 4. The molecule has 0 atom stereocenters. The van der Waals surface area contributed by atoms with Gasteiger partial charge in [-0.1, -0.05) is 36.4 Å². The van der Waals surface area contributed by atoms with Crippen LogP contribution in [0.3, 0.4) is 0 Å². The topological polar surface area (TPSA) is 49.8 Å².